The number of benzene rings is 5. The molecule has 6 atom stereocenters. The number of hydrogen-bond donors (Lipinski definition) is 2. The Bertz CT molecular complexity index is 2570. The molecular weight excluding hydrogens is 757 g/mol. The van der Waals surface area contributed by atoms with Crippen LogP contribution < -0.4 is 20.0 Å². The van der Waals surface area contributed by atoms with Gasteiger partial charge in [0, 0.05) is 25.7 Å². The van der Waals surface area contributed by atoms with E-state index in [4.69, 9.17) is 4.74 Å². The van der Waals surface area contributed by atoms with Gasteiger partial charge < -0.3 is 14.7 Å². The number of ether oxygens (including phenoxy) is 1. The number of phenolic OH excluding ortho intramolecular Hbond substituents is 1. The molecule has 2 N–H and O–H groups in total. The highest BCUT2D eigenvalue weighted by Crippen LogP contribution is 2.64. The molecule has 12 heteroatoms. The van der Waals surface area contributed by atoms with Crippen molar-refractivity contribution in [3.05, 3.63) is 150 Å². The van der Waals surface area contributed by atoms with E-state index in [1.807, 2.05) is 111 Å². The third-order valence-electron chi connectivity index (χ3n) is 12.7. The van der Waals surface area contributed by atoms with Crippen molar-refractivity contribution in [1.82, 2.24) is 5.01 Å². The van der Waals surface area contributed by atoms with Crippen molar-refractivity contribution in [3.63, 3.8) is 0 Å². The highest BCUT2D eigenvalue weighted by atomic mass is 16.5. The molecule has 0 radical (unpaired) electrons. The van der Waals surface area contributed by atoms with Crippen LogP contribution in [-0.2, 0) is 24.6 Å². The molecule has 3 fully saturated rings. The van der Waals surface area contributed by atoms with Crippen molar-refractivity contribution < 1.29 is 29.0 Å². The number of carbonyl (C=O) groups is 4. The maximum absolute atomic E-state index is 15.4. The lowest BCUT2D eigenvalue weighted by Crippen LogP contribution is -2.53. The summed E-state index contributed by atoms with van der Waals surface area (Å²) in [5, 5.41) is 20.6. The molecule has 4 amide bonds. The Labute approximate surface area is 347 Å². The van der Waals surface area contributed by atoms with Gasteiger partial charge in [0.25, 0.3) is 11.8 Å². The molecule has 5 aromatic carbocycles. The second-order valence-electron chi connectivity index (χ2n) is 16.2. The molecule has 2 heterocycles. The number of hydrogen-bond acceptors (Lipinski definition) is 10. The third-order valence-corrected chi connectivity index (χ3v) is 12.7. The standard InChI is InChI=1S/C48H44N6O6/c1-28-10-13-33(14-11-28)51-54-45(57)39-27-38-36(43(29-12-25-40(55)41(26-29)60-4)48(39,47(54)59)30-8-6-5-7-9-30)23-24-37-42(38)46(58)53(44(37)56)35-21-17-32(18-22-35)50-49-31-15-19-34(20-16-31)52(2)3/h5-23,25-26,37-39,42-43,51,55H,24,27H2,1-4H3. The molecule has 0 bridgehead atoms. The molecule has 6 unspecified atom stereocenters. The van der Waals surface area contributed by atoms with Crippen LogP contribution in [0, 0.1) is 30.6 Å². The second-order valence-corrected chi connectivity index (χ2v) is 16.2. The molecule has 4 aliphatic rings. The zero-order valence-electron chi connectivity index (χ0n) is 33.6. The fourth-order valence-electron chi connectivity index (χ4n) is 9.85. The van der Waals surface area contributed by atoms with E-state index in [9.17, 15) is 19.5 Å². The van der Waals surface area contributed by atoms with Crippen molar-refractivity contribution in [2.75, 3.05) is 36.4 Å². The molecule has 2 aliphatic carbocycles. The zero-order valence-corrected chi connectivity index (χ0v) is 33.6. The van der Waals surface area contributed by atoms with E-state index < -0.39 is 46.8 Å². The predicted octanol–water partition coefficient (Wildman–Crippen LogP) is 8.38. The SMILES string of the molecule is COc1cc(C2C3=CCC4C(=O)N(c5ccc(N=Nc6ccc(N(C)C)cc6)cc5)C(=O)C4C3CC3C(=O)N(Nc4ccc(C)cc4)C(=O)C32c2ccccc2)ccc1O. The summed E-state index contributed by atoms with van der Waals surface area (Å²) in [6.07, 6.45) is 2.44. The number of rotatable bonds is 9. The quantitative estimate of drug-likeness (QED) is 0.0860. The molecule has 0 aromatic heterocycles. The van der Waals surface area contributed by atoms with Gasteiger partial charge in [-0.15, -0.1) is 0 Å². The summed E-state index contributed by atoms with van der Waals surface area (Å²) >= 11 is 0. The van der Waals surface area contributed by atoms with Gasteiger partial charge in [-0.05, 0) is 110 Å². The van der Waals surface area contributed by atoms with Gasteiger partial charge in [-0.1, -0.05) is 65.7 Å². The van der Waals surface area contributed by atoms with Crippen LogP contribution in [0.5, 0.6) is 11.5 Å². The summed E-state index contributed by atoms with van der Waals surface area (Å²) in [6.45, 7) is 1.96. The van der Waals surface area contributed by atoms with E-state index >= 15 is 4.79 Å². The third kappa shape index (κ3) is 6.13. The topological polar surface area (TPSA) is 144 Å². The van der Waals surface area contributed by atoms with Crippen molar-refractivity contribution >= 4 is 52.1 Å². The summed E-state index contributed by atoms with van der Waals surface area (Å²) in [7, 11) is 5.39. The smallest absolute Gasteiger partial charge is 0.260 e. The van der Waals surface area contributed by atoms with E-state index in [0.29, 0.717) is 33.9 Å². The normalized spacial score (nSPS) is 24.6. The Balaban J connectivity index is 1.10. The van der Waals surface area contributed by atoms with Crippen molar-refractivity contribution in [1.29, 1.82) is 0 Å². The number of carbonyl (C=O) groups excluding carboxylic acids is 4. The molecular formula is C48H44N6O6. The predicted molar refractivity (Wildman–Crippen MR) is 227 cm³/mol. The molecule has 302 valence electrons. The number of aryl methyl sites for hydroxylation is 1. The number of hydrazine groups is 1. The highest BCUT2D eigenvalue weighted by molar-refractivity contribution is 6.22. The highest BCUT2D eigenvalue weighted by Gasteiger charge is 2.70. The molecule has 5 aromatic rings. The fraction of sp³-hybridized carbons (Fsp3) is 0.250. The lowest BCUT2D eigenvalue weighted by molar-refractivity contribution is -0.138. The molecule has 60 heavy (non-hydrogen) atoms. The minimum atomic E-state index is -1.45. The van der Waals surface area contributed by atoms with Gasteiger partial charge in [-0.3, -0.25) is 29.5 Å². The Morgan fingerprint density at radius 1 is 0.783 bits per heavy atom. The number of phenols is 1. The van der Waals surface area contributed by atoms with Crippen LogP contribution in [0.25, 0.3) is 0 Å². The number of azo groups is 1. The Morgan fingerprint density at radius 2 is 1.45 bits per heavy atom. The lowest BCUT2D eigenvalue weighted by atomic mass is 9.49. The van der Waals surface area contributed by atoms with Crippen LogP contribution in [0.2, 0.25) is 0 Å². The van der Waals surface area contributed by atoms with Crippen molar-refractivity contribution in [2.45, 2.75) is 31.1 Å². The van der Waals surface area contributed by atoms with E-state index in [-0.39, 0.29) is 36.2 Å². The number of methoxy groups -OCH3 is 1. The second kappa shape index (κ2) is 14.9. The number of anilines is 3. The molecule has 0 spiro atoms. The van der Waals surface area contributed by atoms with Crippen LogP contribution in [0.3, 0.4) is 0 Å². The van der Waals surface area contributed by atoms with Crippen LogP contribution in [-0.4, -0.2) is 54.9 Å². The van der Waals surface area contributed by atoms with Crippen LogP contribution in [0.4, 0.5) is 28.4 Å². The van der Waals surface area contributed by atoms with Gasteiger partial charge in [0.05, 0.1) is 53.0 Å². The number of allylic oxidation sites excluding steroid dienone is 2. The number of nitrogens with one attached hydrogen (secondary N) is 1. The summed E-state index contributed by atoms with van der Waals surface area (Å²) in [4.78, 5) is 62.7. The minimum Gasteiger partial charge on any atom is -0.504 e. The van der Waals surface area contributed by atoms with E-state index in [2.05, 4.69) is 15.7 Å². The van der Waals surface area contributed by atoms with E-state index in [1.54, 1.807) is 36.4 Å². The molecule has 9 rings (SSSR count). The molecule has 2 saturated heterocycles. The average Bonchev–Trinajstić information content (AvgIpc) is 3.65. The Hall–Kier alpha value is -7.08. The summed E-state index contributed by atoms with van der Waals surface area (Å²) < 4.78 is 5.58. The Morgan fingerprint density at radius 3 is 2.10 bits per heavy atom. The lowest BCUT2D eigenvalue weighted by Gasteiger charge is -2.50. The summed E-state index contributed by atoms with van der Waals surface area (Å²) in [5.74, 6) is -5.06. The van der Waals surface area contributed by atoms with Crippen LogP contribution in [0.15, 0.2) is 143 Å². The Kier molecular flexibility index (Phi) is 9.57. The number of nitrogens with zero attached hydrogens (tertiary/aromatic N) is 5. The van der Waals surface area contributed by atoms with Gasteiger partial charge in [-0.2, -0.15) is 15.2 Å². The number of fused-ring (bicyclic) bond motifs is 4. The maximum atomic E-state index is 15.4. The van der Waals surface area contributed by atoms with Gasteiger partial charge in [0.1, 0.15) is 0 Å². The minimum absolute atomic E-state index is 0.0774. The molecule has 1 saturated carbocycles. The van der Waals surface area contributed by atoms with Gasteiger partial charge >= 0.3 is 0 Å². The first-order valence-corrected chi connectivity index (χ1v) is 20.0. The first-order chi connectivity index (χ1) is 29.0. The fourth-order valence-corrected chi connectivity index (χ4v) is 9.85. The van der Waals surface area contributed by atoms with Crippen molar-refractivity contribution in [2.24, 2.45) is 33.9 Å². The monoisotopic (exact) mass is 800 g/mol. The van der Waals surface area contributed by atoms with Gasteiger partial charge in [0.2, 0.25) is 11.8 Å². The molecule has 12 nitrogen and oxygen atoms in total. The molecule has 2 aliphatic heterocycles. The largest absolute Gasteiger partial charge is 0.504 e. The van der Waals surface area contributed by atoms with E-state index in [1.165, 1.54) is 18.1 Å². The zero-order chi connectivity index (χ0) is 41.9. The number of amides is 4. The maximum Gasteiger partial charge on any atom is 0.260 e. The van der Waals surface area contributed by atoms with Gasteiger partial charge in [-0.25, -0.2) is 0 Å². The number of imide groups is 2. The van der Waals surface area contributed by atoms with E-state index in [0.717, 1.165) is 21.8 Å². The van der Waals surface area contributed by atoms with Gasteiger partial charge in [0.15, 0.2) is 11.5 Å². The average molecular weight is 801 g/mol. The van der Waals surface area contributed by atoms with Crippen molar-refractivity contribution in [3.8, 4) is 11.5 Å². The summed E-state index contributed by atoms with van der Waals surface area (Å²) in [5.41, 5.74) is 8.08. The summed E-state index contributed by atoms with van der Waals surface area (Å²) in [6, 6.07) is 36.3. The van der Waals surface area contributed by atoms with Crippen LogP contribution >= 0.6 is 0 Å². The first-order valence-electron chi connectivity index (χ1n) is 20.0. The van der Waals surface area contributed by atoms with Crippen LogP contribution in [0.1, 0.15) is 35.4 Å². The number of aromatic hydroxyl groups is 1. The first kappa shape index (κ1) is 38.4.